The van der Waals surface area contributed by atoms with Crippen LogP contribution in [0.15, 0.2) is 94.7 Å². The van der Waals surface area contributed by atoms with Crippen molar-refractivity contribution in [3.8, 4) is 11.5 Å². The molecule has 0 amide bonds. The zero-order valence-corrected chi connectivity index (χ0v) is 18.2. The van der Waals surface area contributed by atoms with E-state index in [1.54, 1.807) is 36.4 Å². The van der Waals surface area contributed by atoms with Gasteiger partial charge in [0.2, 0.25) is 5.78 Å². The fraction of sp³-hybridized carbons (Fsp3) is 0.0370. The lowest BCUT2D eigenvalue weighted by molar-refractivity contribution is 0.0927. The Morgan fingerprint density at radius 2 is 1.50 bits per heavy atom. The highest BCUT2D eigenvalue weighted by Gasteiger charge is 2.43. The van der Waals surface area contributed by atoms with Crippen molar-refractivity contribution in [2.45, 2.75) is 5.92 Å². The van der Waals surface area contributed by atoms with Crippen LogP contribution < -0.4 is 4.74 Å². The first-order chi connectivity index (χ1) is 15.5. The predicted molar refractivity (Wildman–Crippen MR) is 124 cm³/mol. The van der Waals surface area contributed by atoms with E-state index in [1.165, 1.54) is 0 Å². The molecule has 0 saturated carbocycles. The van der Waals surface area contributed by atoms with E-state index >= 15 is 0 Å². The van der Waals surface area contributed by atoms with Gasteiger partial charge in [-0.15, -0.1) is 0 Å². The number of rotatable bonds is 1. The minimum Gasteiger partial charge on any atom is -0.508 e. The van der Waals surface area contributed by atoms with E-state index in [0.717, 1.165) is 26.4 Å². The molecule has 2 aliphatic rings. The van der Waals surface area contributed by atoms with Crippen molar-refractivity contribution in [3.63, 3.8) is 0 Å². The molecule has 1 heterocycles. The van der Waals surface area contributed by atoms with Gasteiger partial charge >= 0.3 is 0 Å². The number of Topliss-reactive ketones (excluding diaryl/α,β-unsaturated/α-hetero) is 2. The minimum atomic E-state index is -0.517. The van der Waals surface area contributed by atoms with Crippen LogP contribution >= 0.6 is 15.9 Å². The van der Waals surface area contributed by atoms with Gasteiger partial charge in [0.15, 0.2) is 11.5 Å². The van der Waals surface area contributed by atoms with Crippen molar-refractivity contribution in [2.24, 2.45) is 0 Å². The van der Waals surface area contributed by atoms with Crippen molar-refractivity contribution in [1.82, 2.24) is 0 Å². The lowest BCUT2D eigenvalue weighted by Gasteiger charge is -2.33. The molecule has 1 atom stereocenters. The van der Waals surface area contributed by atoms with Crippen LogP contribution in [-0.4, -0.2) is 16.7 Å². The summed E-state index contributed by atoms with van der Waals surface area (Å²) in [5.41, 5.74) is 2.70. The van der Waals surface area contributed by atoms with Gasteiger partial charge in [-0.05, 0) is 46.7 Å². The number of benzene rings is 4. The third-order valence-corrected chi connectivity index (χ3v) is 6.64. The molecule has 154 valence electrons. The number of ketones is 2. The average molecular weight is 483 g/mol. The van der Waals surface area contributed by atoms with Gasteiger partial charge < -0.3 is 9.84 Å². The summed E-state index contributed by atoms with van der Waals surface area (Å²) in [4.78, 5) is 27.1. The second-order valence-corrected chi connectivity index (χ2v) is 8.83. The predicted octanol–water partition coefficient (Wildman–Crippen LogP) is 6.17. The van der Waals surface area contributed by atoms with Gasteiger partial charge in [-0.1, -0.05) is 64.5 Å². The van der Waals surface area contributed by atoms with E-state index in [2.05, 4.69) is 15.9 Å². The molecule has 1 unspecified atom stereocenters. The Balaban J connectivity index is 1.70. The maximum absolute atomic E-state index is 13.7. The fourth-order valence-corrected chi connectivity index (χ4v) is 4.94. The van der Waals surface area contributed by atoms with Crippen LogP contribution in [0.4, 0.5) is 0 Å². The van der Waals surface area contributed by atoms with Gasteiger partial charge in [-0.25, -0.2) is 0 Å². The molecule has 4 nitrogen and oxygen atoms in total. The molecule has 0 spiro atoms. The normalized spacial score (nSPS) is 17.0. The molecule has 0 saturated heterocycles. The Morgan fingerprint density at radius 3 is 2.25 bits per heavy atom. The summed E-state index contributed by atoms with van der Waals surface area (Å²) in [7, 11) is 0. The highest BCUT2D eigenvalue weighted by molar-refractivity contribution is 9.10. The molecule has 6 rings (SSSR count). The molecule has 0 fully saturated rings. The van der Waals surface area contributed by atoms with Crippen molar-refractivity contribution in [2.75, 3.05) is 0 Å². The number of ether oxygens (including phenoxy) is 1. The number of carbonyl (C=O) groups is 2. The monoisotopic (exact) mass is 482 g/mol. The van der Waals surface area contributed by atoms with Gasteiger partial charge in [0.25, 0.3) is 0 Å². The first kappa shape index (κ1) is 19.0. The number of fused-ring (bicyclic) bond motifs is 4. The Labute approximate surface area is 191 Å². The van der Waals surface area contributed by atoms with Gasteiger partial charge in [0.1, 0.15) is 11.5 Å². The molecule has 0 aromatic heterocycles. The lowest BCUT2D eigenvalue weighted by Crippen LogP contribution is -2.31. The van der Waals surface area contributed by atoms with Crippen LogP contribution in [0.25, 0.3) is 10.8 Å². The Morgan fingerprint density at radius 1 is 0.812 bits per heavy atom. The summed E-state index contributed by atoms with van der Waals surface area (Å²) in [6.07, 6.45) is 0. The summed E-state index contributed by atoms with van der Waals surface area (Å²) < 4.78 is 7.03. The lowest BCUT2D eigenvalue weighted by atomic mass is 9.74. The van der Waals surface area contributed by atoms with Crippen LogP contribution in [-0.2, 0) is 0 Å². The number of carbonyl (C=O) groups excluding carboxylic acids is 2. The van der Waals surface area contributed by atoms with Crippen molar-refractivity contribution < 1.29 is 19.4 Å². The van der Waals surface area contributed by atoms with Crippen LogP contribution in [0.5, 0.6) is 11.5 Å². The summed E-state index contributed by atoms with van der Waals surface area (Å²) in [6.45, 7) is 0. The molecule has 5 heteroatoms. The Hall–Kier alpha value is -3.70. The summed E-state index contributed by atoms with van der Waals surface area (Å²) in [6, 6.07) is 23.4. The van der Waals surface area contributed by atoms with Crippen LogP contribution in [0, 0.1) is 0 Å². The van der Waals surface area contributed by atoms with Gasteiger partial charge in [-0.2, -0.15) is 0 Å². The van der Waals surface area contributed by atoms with E-state index in [9.17, 15) is 14.7 Å². The molecule has 1 N–H and O–H groups in total. The summed E-state index contributed by atoms with van der Waals surface area (Å²) >= 11 is 3.47. The average Bonchev–Trinajstić information content (AvgIpc) is 2.81. The third-order valence-electron chi connectivity index (χ3n) is 6.11. The number of phenols is 1. The highest BCUT2D eigenvalue weighted by atomic mass is 79.9. The molecule has 1 aliphatic carbocycles. The fourth-order valence-electron chi connectivity index (χ4n) is 4.68. The number of halogens is 1. The van der Waals surface area contributed by atoms with Gasteiger partial charge in [-0.3, -0.25) is 9.59 Å². The maximum atomic E-state index is 13.7. The molecule has 4 aromatic rings. The van der Waals surface area contributed by atoms with E-state index < -0.39 is 5.92 Å². The smallest absolute Gasteiger partial charge is 0.229 e. The second-order valence-electron chi connectivity index (χ2n) is 7.92. The number of hydrogen-bond acceptors (Lipinski definition) is 4. The number of hydrogen-bond donors (Lipinski definition) is 1. The molecule has 4 aromatic carbocycles. The topological polar surface area (TPSA) is 63.6 Å². The largest absolute Gasteiger partial charge is 0.508 e. The van der Waals surface area contributed by atoms with E-state index in [-0.39, 0.29) is 23.1 Å². The molecular weight excluding hydrogens is 468 g/mol. The van der Waals surface area contributed by atoms with Crippen LogP contribution in [0.3, 0.4) is 0 Å². The quantitative estimate of drug-likeness (QED) is 0.352. The molecular formula is C27H15BrO4. The standard InChI is InChI=1S/C27H15BrO4/c28-16-9-5-15(6-10-16)22-23-20-13-17(29)11-7-14(20)8-12-21(23)32-27-24(22)25(30)18-3-1-2-4-19(18)26(27)31/h1-13,22,29H. The SMILES string of the molecule is O=C1C2=C(C(=O)c3ccccc31)C(c1ccc(Br)cc1)c1c(ccc3ccc(O)cc13)O2. The Bertz CT molecular complexity index is 1500. The van der Waals surface area contributed by atoms with Crippen molar-refractivity contribution >= 4 is 38.3 Å². The first-order valence-corrected chi connectivity index (χ1v) is 10.9. The molecule has 32 heavy (non-hydrogen) atoms. The van der Waals surface area contributed by atoms with E-state index in [1.807, 2.05) is 42.5 Å². The van der Waals surface area contributed by atoms with Crippen molar-refractivity contribution in [1.29, 1.82) is 0 Å². The zero-order chi connectivity index (χ0) is 22.0. The highest BCUT2D eigenvalue weighted by Crippen LogP contribution is 2.50. The maximum Gasteiger partial charge on any atom is 0.229 e. The van der Waals surface area contributed by atoms with Crippen LogP contribution in [0.2, 0.25) is 0 Å². The molecule has 1 aliphatic heterocycles. The van der Waals surface area contributed by atoms with Crippen molar-refractivity contribution in [3.05, 3.63) is 117 Å². The number of allylic oxidation sites excluding steroid dienone is 2. The summed E-state index contributed by atoms with van der Waals surface area (Å²) in [5.74, 6) is -0.317. The number of phenolic OH excluding ortho intramolecular Hbond substituents is 1. The van der Waals surface area contributed by atoms with E-state index in [4.69, 9.17) is 4.74 Å². The third kappa shape index (κ3) is 2.68. The van der Waals surface area contributed by atoms with Crippen LogP contribution in [0.1, 0.15) is 37.8 Å². The zero-order valence-electron chi connectivity index (χ0n) is 16.6. The molecule has 0 radical (unpaired) electrons. The van der Waals surface area contributed by atoms with Gasteiger partial charge in [0.05, 0.1) is 5.57 Å². The van der Waals surface area contributed by atoms with Gasteiger partial charge in [0, 0.05) is 27.1 Å². The number of aromatic hydroxyl groups is 1. The molecule has 0 bridgehead atoms. The first-order valence-electron chi connectivity index (χ1n) is 10.1. The minimum absolute atomic E-state index is 0.0774. The van der Waals surface area contributed by atoms with E-state index in [0.29, 0.717) is 22.4 Å². The summed E-state index contributed by atoms with van der Waals surface area (Å²) in [5, 5.41) is 11.9. The second kappa shape index (κ2) is 6.90. The Kier molecular flexibility index (Phi) is 4.10.